The van der Waals surface area contributed by atoms with Crippen LogP contribution in [0, 0.1) is 0 Å². The average Bonchev–Trinajstić information content (AvgIpc) is 2.61. The Morgan fingerprint density at radius 1 is 0.643 bits per heavy atom. The SMILES string of the molecule is O=S(=O)(F)Oc1ccc(C2(c3ccc(OS(=O)(=O)F)cc3)CCCCC2)cc1. The van der Waals surface area contributed by atoms with Crippen molar-refractivity contribution < 1.29 is 33.0 Å². The van der Waals surface area contributed by atoms with Crippen LogP contribution in [0.2, 0.25) is 0 Å². The molecule has 28 heavy (non-hydrogen) atoms. The van der Waals surface area contributed by atoms with Gasteiger partial charge >= 0.3 is 21.0 Å². The Morgan fingerprint density at radius 2 is 1.00 bits per heavy atom. The van der Waals surface area contributed by atoms with Gasteiger partial charge in [0, 0.05) is 5.41 Å². The maximum absolute atomic E-state index is 12.7. The van der Waals surface area contributed by atoms with Crippen molar-refractivity contribution in [2.75, 3.05) is 0 Å². The fourth-order valence-corrected chi connectivity index (χ4v) is 4.47. The zero-order valence-corrected chi connectivity index (χ0v) is 16.3. The van der Waals surface area contributed by atoms with Crippen LogP contribution in [0.25, 0.3) is 0 Å². The Hall–Kier alpha value is -2.20. The van der Waals surface area contributed by atoms with Gasteiger partial charge in [0.05, 0.1) is 0 Å². The Bertz CT molecular complexity index is 947. The van der Waals surface area contributed by atoms with Crippen molar-refractivity contribution in [3.05, 3.63) is 59.7 Å². The molecule has 1 saturated carbocycles. The second kappa shape index (κ2) is 7.67. The molecular weight excluding hydrogens is 414 g/mol. The van der Waals surface area contributed by atoms with E-state index < -0.39 is 26.4 Å². The van der Waals surface area contributed by atoms with Crippen LogP contribution in [0.15, 0.2) is 48.5 Å². The smallest absolute Gasteiger partial charge is 0.358 e. The molecule has 0 radical (unpaired) electrons. The monoisotopic (exact) mass is 432 g/mol. The van der Waals surface area contributed by atoms with Crippen LogP contribution < -0.4 is 8.37 Å². The van der Waals surface area contributed by atoms with Gasteiger partial charge in [-0.1, -0.05) is 51.3 Å². The zero-order chi connectivity index (χ0) is 20.4. The molecule has 0 atom stereocenters. The fourth-order valence-electron chi connectivity index (χ4n) is 3.79. The van der Waals surface area contributed by atoms with Crippen LogP contribution in [-0.4, -0.2) is 16.8 Å². The van der Waals surface area contributed by atoms with E-state index in [1.54, 1.807) is 24.3 Å². The maximum atomic E-state index is 12.7. The summed E-state index contributed by atoms with van der Waals surface area (Å²) in [5.41, 5.74) is 1.39. The van der Waals surface area contributed by atoms with E-state index in [9.17, 15) is 24.6 Å². The Labute approximate surface area is 162 Å². The lowest BCUT2D eigenvalue weighted by molar-refractivity contribution is 0.345. The van der Waals surface area contributed by atoms with Crippen LogP contribution in [0.4, 0.5) is 7.77 Å². The van der Waals surface area contributed by atoms with E-state index in [0.29, 0.717) is 0 Å². The van der Waals surface area contributed by atoms with E-state index in [1.165, 1.54) is 24.3 Å². The summed E-state index contributed by atoms with van der Waals surface area (Å²) in [5, 5.41) is 0. The third-order valence-corrected chi connectivity index (χ3v) is 5.70. The summed E-state index contributed by atoms with van der Waals surface area (Å²) in [4.78, 5) is 0. The molecule has 2 aromatic rings. The first-order chi connectivity index (χ1) is 13.1. The molecule has 1 fully saturated rings. The summed E-state index contributed by atoms with van der Waals surface area (Å²) in [6.07, 6.45) is 4.64. The quantitative estimate of drug-likeness (QED) is 0.638. The van der Waals surface area contributed by atoms with Gasteiger partial charge in [-0.3, -0.25) is 0 Å². The van der Waals surface area contributed by atoms with Crippen molar-refractivity contribution in [1.82, 2.24) is 0 Å². The average molecular weight is 432 g/mol. The van der Waals surface area contributed by atoms with Gasteiger partial charge in [0.2, 0.25) is 0 Å². The molecule has 0 spiro atoms. The summed E-state index contributed by atoms with van der Waals surface area (Å²) in [6, 6.07) is 12.3. The molecule has 6 nitrogen and oxygen atoms in total. The molecule has 0 amide bonds. The number of hydrogen-bond donors (Lipinski definition) is 0. The number of hydrogen-bond acceptors (Lipinski definition) is 6. The van der Waals surface area contributed by atoms with Crippen molar-refractivity contribution >= 4 is 21.0 Å². The predicted octanol–water partition coefficient (Wildman–Crippen LogP) is 4.12. The number of halogens is 2. The maximum Gasteiger partial charge on any atom is 0.488 e. The molecule has 152 valence electrons. The molecular formula is C18H18F2O6S2. The highest BCUT2D eigenvalue weighted by Crippen LogP contribution is 2.45. The molecule has 3 rings (SSSR count). The van der Waals surface area contributed by atoms with Crippen LogP contribution in [0.5, 0.6) is 11.5 Å². The molecule has 0 aromatic heterocycles. The molecule has 0 aliphatic heterocycles. The summed E-state index contributed by atoms with van der Waals surface area (Å²) < 4.78 is 76.4. The number of rotatable bonds is 6. The second-order valence-corrected chi connectivity index (χ2v) is 8.55. The summed E-state index contributed by atoms with van der Waals surface area (Å²) in [6.45, 7) is 0. The normalized spacial score (nSPS) is 17.1. The third-order valence-electron chi connectivity index (χ3n) is 4.91. The van der Waals surface area contributed by atoms with Gasteiger partial charge in [-0.2, -0.15) is 16.8 Å². The van der Waals surface area contributed by atoms with Crippen LogP contribution in [0.3, 0.4) is 0 Å². The molecule has 0 saturated heterocycles. The minimum absolute atomic E-state index is 0.130. The standard InChI is InChI=1S/C18H18F2O6S2/c19-27(21,22)25-16-8-4-14(5-9-16)18(12-2-1-3-13-18)15-6-10-17(11-7-15)26-28(20,23)24/h4-11H,1-3,12-13H2. The summed E-state index contributed by atoms with van der Waals surface area (Å²) in [5.74, 6) is -0.261. The molecule has 2 aromatic carbocycles. The summed E-state index contributed by atoms with van der Waals surface area (Å²) in [7, 11) is -10.2. The van der Waals surface area contributed by atoms with E-state index in [1.807, 2.05) is 0 Å². The zero-order valence-electron chi connectivity index (χ0n) is 14.7. The van der Waals surface area contributed by atoms with Gasteiger partial charge in [-0.25, -0.2) is 0 Å². The Balaban J connectivity index is 1.95. The van der Waals surface area contributed by atoms with Crippen molar-refractivity contribution in [3.63, 3.8) is 0 Å². The molecule has 10 heteroatoms. The number of benzene rings is 2. The highest BCUT2D eigenvalue weighted by Gasteiger charge is 2.35. The van der Waals surface area contributed by atoms with Crippen LogP contribution >= 0.6 is 0 Å². The lowest BCUT2D eigenvalue weighted by Gasteiger charge is -2.38. The van der Waals surface area contributed by atoms with Gasteiger partial charge in [0.15, 0.2) is 0 Å². The van der Waals surface area contributed by atoms with E-state index in [4.69, 9.17) is 0 Å². The van der Waals surface area contributed by atoms with Crippen LogP contribution in [-0.2, 0) is 26.4 Å². The fraction of sp³-hybridized carbons (Fsp3) is 0.333. The molecule has 0 N–H and O–H groups in total. The topological polar surface area (TPSA) is 86.7 Å². The third kappa shape index (κ3) is 4.99. The van der Waals surface area contributed by atoms with Gasteiger partial charge in [-0.15, -0.1) is 0 Å². The lowest BCUT2D eigenvalue weighted by atomic mass is 9.65. The van der Waals surface area contributed by atoms with Crippen molar-refractivity contribution in [2.45, 2.75) is 37.5 Å². The van der Waals surface area contributed by atoms with Gasteiger partial charge in [0.25, 0.3) is 0 Å². The minimum atomic E-state index is -5.10. The first kappa shape index (κ1) is 20.5. The van der Waals surface area contributed by atoms with Gasteiger partial charge in [0.1, 0.15) is 11.5 Å². The first-order valence-electron chi connectivity index (χ1n) is 8.57. The van der Waals surface area contributed by atoms with Crippen molar-refractivity contribution in [2.24, 2.45) is 0 Å². The minimum Gasteiger partial charge on any atom is -0.358 e. The van der Waals surface area contributed by atoms with E-state index in [-0.39, 0.29) is 11.5 Å². The highest BCUT2D eigenvalue weighted by atomic mass is 32.3. The Morgan fingerprint density at radius 3 is 1.32 bits per heavy atom. The van der Waals surface area contributed by atoms with Crippen molar-refractivity contribution in [1.29, 1.82) is 0 Å². The summed E-state index contributed by atoms with van der Waals surface area (Å²) >= 11 is 0. The second-order valence-electron chi connectivity index (χ2n) is 6.64. The molecule has 0 bridgehead atoms. The molecule has 0 heterocycles. The van der Waals surface area contributed by atoms with Gasteiger partial charge in [-0.05, 0) is 48.2 Å². The predicted molar refractivity (Wildman–Crippen MR) is 98.1 cm³/mol. The van der Waals surface area contributed by atoms with E-state index in [0.717, 1.165) is 43.2 Å². The molecule has 1 aliphatic carbocycles. The first-order valence-corrected chi connectivity index (χ1v) is 11.2. The van der Waals surface area contributed by atoms with E-state index in [2.05, 4.69) is 8.37 Å². The molecule has 0 unspecified atom stereocenters. The largest absolute Gasteiger partial charge is 0.488 e. The van der Waals surface area contributed by atoms with Crippen LogP contribution in [0.1, 0.15) is 43.2 Å². The highest BCUT2D eigenvalue weighted by molar-refractivity contribution is 7.82. The lowest BCUT2D eigenvalue weighted by Crippen LogP contribution is -2.30. The van der Waals surface area contributed by atoms with E-state index >= 15 is 0 Å². The molecule has 1 aliphatic rings. The van der Waals surface area contributed by atoms with Gasteiger partial charge < -0.3 is 8.37 Å². The Kier molecular flexibility index (Phi) is 5.62. The van der Waals surface area contributed by atoms with Crippen molar-refractivity contribution in [3.8, 4) is 11.5 Å².